The lowest BCUT2D eigenvalue weighted by atomic mass is 10.0. The highest BCUT2D eigenvalue weighted by atomic mass is 16.7. The van der Waals surface area contributed by atoms with E-state index in [9.17, 15) is 24.0 Å². The largest absolute Gasteiger partial charge is 0.487 e. The second kappa shape index (κ2) is 22.7. The zero-order chi connectivity index (χ0) is 41.2. The number of carbonyl (C=O) groups excluding carboxylic acids is 5. The van der Waals surface area contributed by atoms with Gasteiger partial charge < -0.3 is 52.5 Å². The van der Waals surface area contributed by atoms with Gasteiger partial charge in [0.25, 0.3) is 5.91 Å². The third kappa shape index (κ3) is 13.8. The van der Waals surface area contributed by atoms with Gasteiger partial charge in [-0.3, -0.25) is 24.0 Å². The lowest BCUT2D eigenvalue weighted by Crippen LogP contribution is -2.54. The van der Waals surface area contributed by atoms with Crippen molar-refractivity contribution in [3.05, 3.63) is 69.7 Å². The van der Waals surface area contributed by atoms with Gasteiger partial charge in [-0.1, -0.05) is 17.2 Å². The van der Waals surface area contributed by atoms with Crippen LogP contribution in [0, 0.1) is 0 Å². The number of nitrogens with one attached hydrogen (secondary N) is 1. The molecule has 1 aliphatic rings. The van der Waals surface area contributed by atoms with Gasteiger partial charge in [0.05, 0.1) is 51.6 Å². The lowest BCUT2D eigenvalue weighted by molar-refractivity contribution is -0.245. The molecule has 308 valence electrons. The van der Waals surface area contributed by atoms with E-state index in [-0.39, 0.29) is 45.2 Å². The third-order valence-electron chi connectivity index (χ3n) is 8.37. The molecule has 1 aromatic heterocycles. The number of aromatic nitrogens is 1. The second-order valence-electron chi connectivity index (χ2n) is 12.6. The maximum Gasteiger partial charge on any atom is 0.303 e. The standard InChI is InChI=1S/C38H47N5O14/c1-24(45)52-23-34-37(55-26(3)47)33(54-25(2)46)20-35(57-34)56-29-8-5-27(6-9-29)22-53-32-10-7-28(21-44)30-19-31(43(4)36(30)32)38(48)40-11-13-49-15-17-51-18-16-50-14-12-41-42-39/h5-10,19,21,33-35,37H,11-18,20,22-23H2,1-4H3,(H,40,48)/t33-,34-,35-,37-/m1/s1. The van der Waals surface area contributed by atoms with Crippen LogP contribution in [-0.2, 0) is 61.2 Å². The molecular formula is C38H47N5O14. The van der Waals surface area contributed by atoms with Crippen LogP contribution in [0.25, 0.3) is 21.3 Å². The molecule has 1 amide bonds. The van der Waals surface area contributed by atoms with E-state index in [0.29, 0.717) is 66.7 Å². The van der Waals surface area contributed by atoms with Crippen LogP contribution in [0.4, 0.5) is 0 Å². The monoisotopic (exact) mass is 797 g/mol. The number of aryl methyl sites for hydroxylation is 1. The van der Waals surface area contributed by atoms with Crippen molar-refractivity contribution in [2.45, 2.75) is 58.4 Å². The molecule has 2 aromatic carbocycles. The Bertz CT molecular complexity index is 1880. The number of amides is 1. The first-order chi connectivity index (χ1) is 27.5. The molecule has 4 rings (SSSR count). The van der Waals surface area contributed by atoms with Crippen LogP contribution in [0.1, 0.15) is 53.6 Å². The van der Waals surface area contributed by atoms with Gasteiger partial charge in [0.1, 0.15) is 42.6 Å². The Balaban J connectivity index is 1.32. The molecule has 1 aliphatic heterocycles. The summed E-state index contributed by atoms with van der Waals surface area (Å²) in [6.07, 6.45) is -3.10. The third-order valence-corrected chi connectivity index (χ3v) is 8.37. The normalized spacial score (nSPS) is 17.5. The van der Waals surface area contributed by atoms with Crippen molar-refractivity contribution in [2.24, 2.45) is 12.2 Å². The van der Waals surface area contributed by atoms with E-state index in [0.717, 1.165) is 11.8 Å². The van der Waals surface area contributed by atoms with E-state index >= 15 is 0 Å². The number of rotatable bonds is 23. The van der Waals surface area contributed by atoms with E-state index in [4.69, 9.17) is 48.2 Å². The number of aldehydes is 1. The number of ether oxygens (including phenoxy) is 9. The first-order valence-electron chi connectivity index (χ1n) is 18.1. The van der Waals surface area contributed by atoms with Crippen LogP contribution in [0.5, 0.6) is 11.5 Å². The Morgan fingerprint density at radius 1 is 0.930 bits per heavy atom. The number of hydrogen-bond acceptors (Lipinski definition) is 15. The predicted octanol–water partition coefficient (Wildman–Crippen LogP) is 3.58. The van der Waals surface area contributed by atoms with E-state index < -0.39 is 42.5 Å². The zero-order valence-electron chi connectivity index (χ0n) is 32.2. The van der Waals surface area contributed by atoms with E-state index in [1.807, 2.05) is 0 Å². The number of fused-ring (bicyclic) bond motifs is 1. The van der Waals surface area contributed by atoms with Crippen molar-refractivity contribution in [3.63, 3.8) is 0 Å². The summed E-state index contributed by atoms with van der Waals surface area (Å²) in [6.45, 7) is 6.05. The maximum absolute atomic E-state index is 13.1. The topological polar surface area (TPSA) is 234 Å². The maximum atomic E-state index is 13.1. The highest BCUT2D eigenvalue weighted by Crippen LogP contribution is 2.32. The summed E-state index contributed by atoms with van der Waals surface area (Å²) in [6, 6.07) is 11.9. The molecule has 0 aliphatic carbocycles. The van der Waals surface area contributed by atoms with Gasteiger partial charge in [0.15, 0.2) is 12.4 Å². The molecule has 0 spiro atoms. The highest BCUT2D eigenvalue weighted by Gasteiger charge is 2.44. The number of azide groups is 1. The molecule has 1 fully saturated rings. The Morgan fingerprint density at radius 3 is 2.26 bits per heavy atom. The van der Waals surface area contributed by atoms with Crippen molar-refractivity contribution in [2.75, 3.05) is 59.3 Å². The van der Waals surface area contributed by atoms with Gasteiger partial charge in [0.2, 0.25) is 6.29 Å². The second-order valence-corrected chi connectivity index (χ2v) is 12.6. The molecule has 1 saturated heterocycles. The summed E-state index contributed by atoms with van der Waals surface area (Å²) >= 11 is 0. The van der Waals surface area contributed by atoms with Gasteiger partial charge in [-0.2, -0.15) is 0 Å². The quantitative estimate of drug-likeness (QED) is 0.0275. The Labute approximate surface area is 328 Å². The fourth-order valence-corrected chi connectivity index (χ4v) is 5.86. The molecule has 2 heterocycles. The summed E-state index contributed by atoms with van der Waals surface area (Å²) in [5.41, 5.74) is 10.3. The van der Waals surface area contributed by atoms with E-state index in [2.05, 4.69) is 15.3 Å². The molecule has 4 atom stereocenters. The molecule has 0 radical (unpaired) electrons. The lowest BCUT2D eigenvalue weighted by Gasteiger charge is -2.39. The van der Waals surface area contributed by atoms with Crippen LogP contribution < -0.4 is 14.8 Å². The Morgan fingerprint density at radius 2 is 1.61 bits per heavy atom. The Kier molecular flexibility index (Phi) is 17.6. The Hall–Kier alpha value is -5.72. The average Bonchev–Trinajstić information content (AvgIpc) is 3.53. The molecule has 19 heteroatoms. The van der Waals surface area contributed by atoms with Crippen molar-refractivity contribution in [3.8, 4) is 11.5 Å². The number of esters is 3. The average molecular weight is 798 g/mol. The molecular weight excluding hydrogens is 750 g/mol. The summed E-state index contributed by atoms with van der Waals surface area (Å²) in [4.78, 5) is 62.9. The molecule has 1 N–H and O–H groups in total. The molecule has 19 nitrogen and oxygen atoms in total. The van der Waals surface area contributed by atoms with Crippen LogP contribution in [0.2, 0.25) is 0 Å². The number of carbonyl (C=O) groups is 5. The van der Waals surface area contributed by atoms with Crippen LogP contribution in [-0.4, -0.2) is 119 Å². The zero-order valence-corrected chi connectivity index (χ0v) is 32.2. The molecule has 3 aromatic rings. The highest BCUT2D eigenvalue weighted by molar-refractivity contribution is 6.05. The minimum Gasteiger partial charge on any atom is -0.487 e. The van der Waals surface area contributed by atoms with Gasteiger partial charge in [-0.15, -0.1) is 0 Å². The van der Waals surface area contributed by atoms with Gasteiger partial charge in [-0.05, 0) is 41.4 Å². The van der Waals surface area contributed by atoms with Crippen LogP contribution in [0.15, 0.2) is 47.6 Å². The summed E-state index contributed by atoms with van der Waals surface area (Å²) in [7, 11) is 1.71. The first kappa shape index (κ1) is 44.0. The molecule has 57 heavy (non-hydrogen) atoms. The van der Waals surface area contributed by atoms with Crippen LogP contribution >= 0.6 is 0 Å². The fraction of sp³-hybridized carbons (Fsp3) is 0.500. The summed E-state index contributed by atoms with van der Waals surface area (Å²) < 4.78 is 52.0. The van der Waals surface area contributed by atoms with Crippen molar-refractivity contribution < 1.29 is 66.6 Å². The van der Waals surface area contributed by atoms with Crippen molar-refractivity contribution >= 4 is 41.0 Å². The fourth-order valence-electron chi connectivity index (χ4n) is 5.86. The van der Waals surface area contributed by atoms with Crippen molar-refractivity contribution in [1.29, 1.82) is 0 Å². The molecule has 0 saturated carbocycles. The van der Waals surface area contributed by atoms with Gasteiger partial charge in [0, 0.05) is 56.8 Å². The smallest absolute Gasteiger partial charge is 0.303 e. The number of nitrogens with zero attached hydrogens (tertiary/aromatic N) is 4. The number of hydrogen-bond donors (Lipinski definition) is 1. The molecule has 0 bridgehead atoms. The summed E-state index contributed by atoms with van der Waals surface area (Å²) in [5, 5.41) is 6.75. The summed E-state index contributed by atoms with van der Waals surface area (Å²) in [5.74, 6) is -1.27. The first-order valence-corrected chi connectivity index (χ1v) is 18.1. The predicted molar refractivity (Wildman–Crippen MR) is 200 cm³/mol. The SMILES string of the molecule is CC(=O)OC[C@H]1O[C@@H](Oc2ccc(COc3ccc(C=O)c4cc(C(=O)NCCOCCOCCOCCN=[N+]=[N-])n(C)c34)cc2)C[C@@H](OC(C)=O)[C@H]1OC(C)=O. The van der Waals surface area contributed by atoms with Gasteiger partial charge >= 0.3 is 17.9 Å². The minimum atomic E-state index is -1.02. The van der Waals surface area contributed by atoms with E-state index in [1.165, 1.54) is 20.8 Å². The number of benzene rings is 2. The van der Waals surface area contributed by atoms with E-state index in [1.54, 1.807) is 54.1 Å². The van der Waals surface area contributed by atoms with Crippen molar-refractivity contribution in [1.82, 2.24) is 9.88 Å². The van der Waals surface area contributed by atoms with Crippen LogP contribution in [0.3, 0.4) is 0 Å². The van der Waals surface area contributed by atoms with Gasteiger partial charge in [-0.25, -0.2) is 0 Å². The minimum absolute atomic E-state index is 0.0345. The molecule has 0 unspecified atom stereocenters.